The molecular weight excluding hydrogens is 309 g/mol. The van der Waals surface area contributed by atoms with E-state index in [1.54, 1.807) is 12.1 Å². The molecule has 0 unspecified atom stereocenters. The molecular formula is C15H15BrFNO. The van der Waals surface area contributed by atoms with Crippen molar-refractivity contribution in [1.82, 2.24) is 0 Å². The summed E-state index contributed by atoms with van der Waals surface area (Å²) in [4.78, 5) is 0. The maximum atomic E-state index is 13.5. The summed E-state index contributed by atoms with van der Waals surface area (Å²) >= 11 is 3.38. The van der Waals surface area contributed by atoms with Crippen LogP contribution in [-0.2, 0) is 0 Å². The normalized spacial score (nSPS) is 10.3. The van der Waals surface area contributed by atoms with Gasteiger partial charge in [0, 0.05) is 11.0 Å². The fourth-order valence-electron chi connectivity index (χ4n) is 1.69. The zero-order chi connectivity index (χ0) is 13.7. The van der Waals surface area contributed by atoms with Gasteiger partial charge in [0.1, 0.15) is 18.2 Å². The molecule has 0 fully saturated rings. The molecule has 0 amide bonds. The maximum absolute atomic E-state index is 13.5. The van der Waals surface area contributed by atoms with Crippen molar-refractivity contribution in [2.24, 2.45) is 0 Å². The van der Waals surface area contributed by atoms with E-state index in [4.69, 9.17) is 4.74 Å². The van der Waals surface area contributed by atoms with Crippen molar-refractivity contribution in [3.8, 4) is 5.75 Å². The zero-order valence-electron chi connectivity index (χ0n) is 10.6. The Morgan fingerprint density at radius 3 is 2.84 bits per heavy atom. The Balaban J connectivity index is 1.82. The predicted octanol–water partition coefficient (Wildman–Crippen LogP) is 4.39. The van der Waals surface area contributed by atoms with Crippen LogP contribution in [0.1, 0.15) is 5.56 Å². The van der Waals surface area contributed by atoms with Crippen LogP contribution in [0, 0.1) is 12.7 Å². The van der Waals surface area contributed by atoms with Crippen molar-refractivity contribution in [3.63, 3.8) is 0 Å². The summed E-state index contributed by atoms with van der Waals surface area (Å²) in [6.45, 7) is 2.96. The van der Waals surface area contributed by atoms with E-state index in [2.05, 4.69) is 21.2 Å². The van der Waals surface area contributed by atoms with Gasteiger partial charge in [-0.1, -0.05) is 28.1 Å². The van der Waals surface area contributed by atoms with Gasteiger partial charge in [-0.05, 0) is 42.8 Å². The topological polar surface area (TPSA) is 21.3 Å². The van der Waals surface area contributed by atoms with Crippen molar-refractivity contribution in [1.29, 1.82) is 0 Å². The highest BCUT2D eigenvalue weighted by atomic mass is 79.9. The van der Waals surface area contributed by atoms with Crippen molar-refractivity contribution >= 4 is 21.6 Å². The first-order chi connectivity index (χ1) is 9.15. The average Bonchev–Trinajstić information content (AvgIpc) is 2.39. The molecule has 0 aliphatic carbocycles. The van der Waals surface area contributed by atoms with E-state index in [-0.39, 0.29) is 5.82 Å². The first-order valence-corrected chi connectivity index (χ1v) is 6.83. The Kier molecular flexibility index (Phi) is 4.80. The zero-order valence-corrected chi connectivity index (χ0v) is 12.2. The van der Waals surface area contributed by atoms with E-state index in [9.17, 15) is 4.39 Å². The summed E-state index contributed by atoms with van der Waals surface area (Å²) in [5, 5.41) is 3.03. The standard InChI is InChI=1S/C15H15BrFNO/c1-11-5-6-14(17)15(9-11)18-7-8-19-13-4-2-3-12(16)10-13/h2-6,9-10,18H,7-8H2,1H3. The molecule has 2 aromatic rings. The lowest BCUT2D eigenvalue weighted by Gasteiger charge is -2.10. The van der Waals surface area contributed by atoms with E-state index in [0.717, 1.165) is 15.8 Å². The summed E-state index contributed by atoms with van der Waals surface area (Å²) in [6.07, 6.45) is 0. The molecule has 0 heterocycles. The van der Waals surface area contributed by atoms with E-state index >= 15 is 0 Å². The Bertz CT molecular complexity index is 560. The third kappa shape index (κ3) is 4.24. The van der Waals surface area contributed by atoms with Gasteiger partial charge in [0.2, 0.25) is 0 Å². The van der Waals surface area contributed by atoms with Crippen molar-refractivity contribution in [2.45, 2.75) is 6.92 Å². The lowest BCUT2D eigenvalue weighted by Crippen LogP contribution is -2.12. The van der Waals surface area contributed by atoms with E-state index < -0.39 is 0 Å². The molecule has 0 aliphatic heterocycles. The Labute approximate surface area is 120 Å². The largest absolute Gasteiger partial charge is 0.492 e. The third-order valence-electron chi connectivity index (χ3n) is 2.60. The smallest absolute Gasteiger partial charge is 0.146 e. The number of hydrogen-bond donors (Lipinski definition) is 1. The molecule has 19 heavy (non-hydrogen) atoms. The van der Waals surface area contributed by atoms with E-state index in [0.29, 0.717) is 18.8 Å². The van der Waals surface area contributed by atoms with Gasteiger partial charge in [-0.3, -0.25) is 0 Å². The minimum absolute atomic E-state index is 0.243. The molecule has 0 bridgehead atoms. The van der Waals surface area contributed by atoms with Gasteiger partial charge < -0.3 is 10.1 Å². The van der Waals surface area contributed by atoms with Crippen LogP contribution < -0.4 is 10.1 Å². The van der Waals surface area contributed by atoms with E-state index in [1.807, 2.05) is 31.2 Å². The maximum Gasteiger partial charge on any atom is 0.146 e. The Morgan fingerprint density at radius 1 is 1.21 bits per heavy atom. The lowest BCUT2D eigenvalue weighted by molar-refractivity contribution is 0.332. The van der Waals surface area contributed by atoms with Gasteiger partial charge in [-0.15, -0.1) is 0 Å². The number of nitrogens with one attached hydrogen (secondary N) is 1. The molecule has 0 aromatic heterocycles. The minimum Gasteiger partial charge on any atom is -0.492 e. The Morgan fingerprint density at radius 2 is 2.05 bits per heavy atom. The molecule has 0 spiro atoms. The van der Waals surface area contributed by atoms with Gasteiger partial charge in [0.25, 0.3) is 0 Å². The summed E-state index contributed by atoms with van der Waals surface area (Å²) in [5.41, 5.74) is 1.54. The number of hydrogen-bond acceptors (Lipinski definition) is 2. The molecule has 2 nitrogen and oxygen atoms in total. The lowest BCUT2D eigenvalue weighted by atomic mass is 10.2. The monoisotopic (exact) mass is 323 g/mol. The quantitative estimate of drug-likeness (QED) is 0.824. The van der Waals surface area contributed by atoms with Crippen molar-refractivity contribution in [3.05, 3.63) is 58.3 Å². The number of anilines is 1. The van der Waals surface area contributed by atoms with Gasteiger partial charge in [-0.2, -0.15) is 0 Å². The molecule has 100 valence electrons. The molecule has 0 aliphatic rings. The molecule has 1 N–H and O–H groups in total. The van der Waals surface area contributed by atoms with Crippen molar-refractivity contribution in [2.75, 3.05) is 18.5 Å². The van der Waals surface area contributed by atoms with Crippen LogP contribution >= 0.6 is 15.9 Å². The molecule has 0 saturated heterocycles. The van der Waals surface area contributed by atoms with Crippen LogP contribution in [-0.4, -0.2) is 13.2 Å². The number of benzene rings is 2. The van der Waals surface area contributed by atoms with Crippen LogP contribution in [0.3, 0.4) is 0 Å². The third-order valence-corrected chi connectivity index (χ3v) is 3.10. The van der Waals surface area contributed by atoms with Gasteiger partial charge in [-0.25, -0.2) is 4.39 Å². The van der Waals surface area contributed by atoms with Crippen LogP contribution in [0.5, 0.6) is 5.75 Å². The van der Waals surface area contributed by atoms with Crippen LogP contribution in [0.4, 0.5) is 10.1 Å². The van der Waals surface area contributed by atoms with Crippen LogP contribution in [0.25, 0.3) is 0 Å². The van der Waals surface area contributed by atoms with Gasteiger partial charge in [0.05, 0.1) is 5.69 Å². The van der Waals surface area contributed by atoms with Crippen LogP contribution in [0.15, 0.2) is 46.9 Å². The molecule has 0 saturated carbocycles. The molecule has 2 rings (SSSR count). The second kappa shape index (κ2) is 6.57. The number of rotatable bonds is 5. The number of aryl methyl sites for hydroxylation is 1. The number of ether oxygens (including phenoxy) is 1. The first-order valence-electron chi connectivity index (χ1n) is 6.03. The Hall–Kier alpha value is -1.55. The van der Waals surface area contributed by atoms with Gasteiger partial charge in [0.15, 0.2) is 0 Å². The minimum atomic E-state index is -0.243. The summed E-state index contributed by atoms with van der Waals surface area (Å²) in [5.74, 6) is 0.550. The van der Waals surface area contributed by atoms with Gasteiger partial charge >= 0.3 is 0 Å². The average molecular weight is 324 g/mol. The van der Waals surface area contributed by atoms with Crippen LogP contribution in [0.2, 0.25) is 0 Å². The summed E-state index contributed by atoms with van der Waals surface area (Å²) in [6, 6.07) is 12.6. The second-order valence-corrected chi connectivity index (χ2v) is 5.13. The SMILES string of the molecule is Cc1ccc(F)c(NCCOc2cccc(Br)c2)c1. The highest BCUT2D eigenvalue weighted by Gasteiger charge is 2.01. The van der Waals surface area contributed by atoms with Crippen molar-refractivity contribution < 1.29 is 9.13 Å². The number of halogens is 2. The van der Waals surface area contributed by atoms with E-state index in [1.165, 1.54) is 6.07 Å². The molecule has 4 heteroatoms. The summed E-state index contributed by atoms with van der Waals surface area (Å²) < 4.78 is 20.0. The summed E-state index contributed by atoms with van der Waals surface area (Å²) in [7, 11) is 0. The second-order valence-electron chi connectivity index (χ2n) is 4.22. The first kappa shape index (κ1) is 13.9. The predicted molar refractivity (Wildman–Crippen MR) is 79.3 cm³/mol. The molecule has 2 aromatic carbocycles. The fraction of sp³-hybridized carbons (Fsp3) is 0.200. The molecule has 0 radical (unpaired) electrons. The highest BCUT2D eigenvalue weighted by Crippen LogP contribution is 2.18. The highest BCUT2D eigenvalue weighted by molar-refractivity contribution is 9.10. The molecule has 0 atom stereocenters. The fourth-order valence-corrected chi connectivity index (χ4v) is 2.06.